The van der Waals surface area contributed by atoms with Gasteiger partial charge in [0.1, 0.15) is 5.75 Å². The van der Waals surface area contributed by atoms with E-state index in [0.717, 1.165) is 23.4 Å². The van der Waals surface area contributed by atoms with E-state index in [1.807, 2.05) is 31.2 Å². The molecule has 0 saturated carbocycles. The third kappa shape index (κ3) is 4.60. The van der Waals surface area contributed by atoms with Gasteiger partial charge in [-0.25, -0.2) is 12.7 Å². The number of rotatable bonds is 7. The van der Waals surface area contributed by atoms with Crippen molar-refractivity contribution < 1.29 is 13.2 Å². The molecule has 0 spiro atoms. The molecule has 5 nitrogen and oxygen atoms in total. The second-order valence-corrected chi connectivity index (χ2v) is 8.41. The van der Waals surface area contributed by atoms with Crippen molar-refractivity contribution in [2.24, 2.45) is 0 Å². The standard InChI is InChI=1S/C19H26N2O3S/c1-14-12-16(6-11-19(14)24-5)13-20-15(2)17-7-9-18(10-8-17)25(22,23)21(3)4/h6-12,15,20H,13H2,1-5H3. The van der Waals surface area contributed by atoms with Gasteiger partial charge in [0, 0.05) is 26.7 Å². The molecule has 2 rings (SSSR count). The van der Waals surface area contributed by atoms with Crippen LogP contribution >= 0.6 is 0 Å². The second kappa shape index (κ2) is 7.99. The molecule has 1 unspecified atom stereocenters. The Morgan fingerprint density at radius 2 is 1.76 bits per heavy atom. The van der Waals surface area contributed by atoms with E-state index in [0.29, 0.717) is 4.90 Å². The first-order valence-electron chi connectivity index (χ1n) is 8.15. The number of sulfonamides is 1. The van der Waals surface area contributed by atoms with Crippen LogP contribution < -0.4 is 10.1 Å². The van der Waals surface area contributed by atoms with Crippen molar-refractivity contribution in [2.75, 3.05) is 21.2 Å². The summed E-state index contributed by atoms with van der Waals surface area (Å²) in [6.45, 7) is 4.81. The maximum absolute atomic E-state index is 12.1. The third-order valence-corrected chi connectivity index (χ3v) is 6.06. The molecule has 136 valence electrons. The van der Waals surface area contributed by atoms with Crippen LogP contribution in [0.4, 0.5) is 0 Å². The van der Waals surface area contributed by atoms with Gasteiger partial charge in [0.15, 0.2) is 0 Å². The lowest BCUT2D eigenvalue weighted by atomic mass is 10.1. The fourth-order valence-corrected chi connectivity index (χ4v) is 3.48. The average Bonchev–Trinajstić information content (AvgIpc) is 2.59. The molecule has 0 saturated heterocycles. The molecule has 25 heavy (non-hydrogen) atoms. The fourth-order valence-electron chi connectivity index (χ4n) is 2.58. The Bertz CT molecular complexity index is 815. The minimum Gasteiger partial charge on any atom is -0.496 e. The predicted octanol–water partition coefficient (Wildman–Crippen LogP) is 3.10. The number of aryl methyl sites for hydroxylation is 1. The molecular formula is C19H26N2O3S. The smallest absolute Gasteiger partial charge is 0.242 e. The van der Waals surface area contributed by atoms with E-state index in [1.165, 1.54) is 24.0 Å². The fraction of sp³-hybridized carbons (Fsp3) is 0.368. The summed E-state index contributed by atoms with van der Waals surface area (Å²) >= 11 is 0. The zero-order valence-corrected chi connectivity index (χ0v) is 16.2. The van der Waals surface area contributed by atoms with E-state index < -0.39 is 10.0 Å². The number of benzene rings is 2. The van der Waals surface area contributed by atoms with Gasteiger partial charge in [-0.2, -0.15) is 0 Å². The van der Waals surface area contributed by atoms with Crippen molar-refractivity contribution >= 4 is 10.0 Å². The molecule has 2 aromatic carbocycles. The van der Waals surface area contributed by atoms with Crippen LogP contribution in [-0.2, 0) is 16.6 Å². The summed E-state index contributed by atoms with van der Waals surface area (Å²) in [6, 6.07) is 13.2. The van der Waals surface area contributed by atoms with Crippen molar-refractivity contribution in [1.29, 1.82) is 0 Å². The summed E-state index contributed by atoms with van der Waals surface area (Å²) in [5.41, 5.74) is 3.33. The van der Waals surface area contributed by atoms with Crippen molar-refractivity contribution in [3.05, 3.63) is 59.2 Å². The van der Waals surface area contributed by atoms with Gasteiger partial charge in [-0.05, 0) is 48.7 Å². The van der Waals surface area contributed by atoms with Gasteiger partial charge in [0.2, 0.25) is 10.0 Å². The topological polar surface area (TPSA) is 58.6 Å². The van der Waals surface area contributed by atoms with Gasteiger partial charge >= 0.3 is 0 Å². The predicted molar refractivity (Wildman–Crippen MR) is 100 cm³/mol. The van der Waals surface area contributed by atoms with Crippen LogP contribution in [-0.4, -0.2) is 33.9 Å². The van der Waals surface area contributed by atoms with E-state index in [1.54, 1.807) is 19.2 Å². The molecule has 2 aromatic rings. The molecule has 1 atom stereocenters. The number of nitrogens with one attached hydrogen (secondary N) is 1. The summed E-state index contributed by atoms with van der Waals surface area (Å²) in [6.07, 6.45) is 0. The molecule has 0 aliphatic heterocycles. The Hall–Kier alpha value is -1.89. The van der Waals surface area contributed by atoms with Crippen LogP contribution in [0.3, 0.4) is 0 Å². The Labute approximate surface area is 150 Å². The first-order chi connectivity index (χ1) is 11.8. The van der Waals surface area contributed by atoms with Crippen LogP contribution in [0.25, 0.3) is 0 Å². The summed E-state index contributed by atoms with van der Waals surface area (Å²) in [5.74, 6) is 0.884. The average molecular weight is 362 g/mol. The van der Waals surface area contributed by atoms with Crippen molar-refractivity contribution in [3.63, 3.8) is 0 Å². The Morgan fingerprint density at radius 3 is 2.28 bits per heavy atom. The first-order valence-corrected chi connectivity index (χ1v) is 9.59. The highest BCUT2D eigenvalue weighted by Crippen LogP contribution is 2.21. The van der Waals surface area contributed by atoms with Gasteiger partial charge in [-0.15, -0.1) is 0 Å². The lowest BCUT2D eigenvalue weighted by Gasteiger charge is -2.16. The molecule has 1 N–H and O–H groups in total. The van der Waals surface area contributed by atoms with Crippen LogP contribution in [0.15, 0.2) is 47.4 Å². The molecule has 6 heteroatoms. The number of hydrogen-bond acceptors (Lipinski definition) is 4. The second-order valence-electron chi connectivity index (χ2n) is 6.26. The largest absolute Gasteiger partial charge is 0.496 e. The molecule has 0 amide bonds. The lowest BCUT2D eigenvalue weighted by Crippen LogP contribution is -2.22. The zero-order chi connectivity index (χ0) is 18.6. The van der Waals surface area contributed by atoms with E-state index in [2.05, 4.69) is 18.3 Å². The normalized spacial score (nSPS) is 13.0. The minimum atomic E-state index is -3.38. The van der Waals surface area contributed by atoms with Crippen LogP contribution in [0.2, 0.25) is 0 Å². The maximum atomic E-state index is 12.1. The Morgan fingerprint density at radius 1 is 1.12 bits per heavy atom. The van der Waals surface area contributed by atoms with Crippen molar-refractivity contribution in [3.8, 4) is 5.75 Å². The van der Waals surface area contributed by atoms with Gasteiger partial charge < -0.3 is 10.1 Å². The number of methoxy groups -OCH3 is 1. The highest BCUT2D eigenvalue weighted by Gasteiger charge is 2.17. The lowest BCUT2D eigenvalue weighted by molar-refractivity contribution is 0.411. The SMILES string of the molecule is COc1ccc(CNC(C)c2ccc(S(=O)(=O)N(C)C)cc2)cc1C. The van der Waals surface area contributed by atoms with Crippen molar-refractivity contribution in [2.45, 2.75) is 31.3 Å². The Kier molecular flexibility index (Phi) is 6.21. The van der Waals surface area contributed by atoms with E-state index >= 15 is 0 Å². The summed E-state index contributed by atoms with van der Waals surface area (Å²) in [7, 11) is 1.35. The van der Waals surface area contributed by atoms with Gasteiger partial charge in [-0.1, -0.05) is 24.3 Å². The quantitative estimate of drug-likeness (QED) is 0.822. The van der Waals surface area contributed by atoms with Crippen LogP contribution in [0.5, 0.6) is 5.75 Å². The van der Waals surface area contributed by atoms with E-state index in [-0.39, 0.29) is 6.04 Å². The zero-order valence-electron chi connectivity index (χ0n) is 15.4. The monoisotopic (exact) mass is 362 g/mol. The summed E-state index contributed by atoms with van der Waals surface area (Å²) in [5, 5.41) is 3.46. The van der Waals surface area contributed by atoms with Crippen molar-refractivity contribution in [1.82, 2.24) is 9.62 Å². The first kappa shape index (κ1) is 19.4. The number of nitrogens with zero attached hydrogens (tertiary/aromatic N) is 1. The molecule has 0 aliphatic rings. The van der Waals surface area contributed by atoms with Gasteiger partial charge in [0.05, 0.1) is 12.0 Å². The molecule has 0 heterocycles. The van der Waals surface area contributed by atoms with Crippen LogP contribution in [0.1, 0.15) is 29.7 Å². The molecule has 0 fully saturated rings. The van der Waals surface area contributed by atoms with E-state index in [9.17, 15) is 8.42 Å². The highest BCUT2D eigenvalue weighted by atomic mass is 32.2. The third-order valence-electron chi connectivity index (χ3n) is 4.23. The molecule has 0 radical (unpaired) electrons. The van der Waals surface area contributed by atoms with Gasteiger partial charge in [0.25, 0.3) is 0 Å². The van der Waals surface area contributed by atoms with Crippen LogP contribution in [0, 0.1) is 6.92 Å². The van der Waals surface area contributed by atoms with Gasteiger partial charge in [-0.3, -0.25) is 0 Å². The number of hydrogen-bond donors (Lipinski definition) is 1. The minimum absolute atomic E-state index is 0.110. The summed E-state index contributed by atoms with van der Waals surface area (Å²) in [4.78, 5) is 0.305. The Balaban J connectivity index is 2.04. The molecule has 0 aliphatic carbocycles. The maximum Gasteiger partial charge on any atom is 0.242 e. The number of ether oxygens (including phenoxy) is 1. The van der Waals surface area contributed by atoms with E-state index in [4.69, 9.17) is 4.74 Å². The summed E-state index contributed by atoms with van der Waals surface area (Å²) < 4.78 is 30.7. The molecule has 0 bridgehead atoms. The highest BCUT2D eigenvalue weighted by molar-refractivity contribution is 7.89. The molecular weight excluding hydrogens is 336 g/mol. The molecule has 0 aromatic heterocycles.